The highest BCUT2D eigenvalue weighted by Crippen LogP contribution is 2.32. The fraction of sp³-hybridized carbons (Fsp3) is 0.111. The molecule has 0 unspecified atom stereocenters. The number of carbonyl (C=O) groups is 1. The normalized spacial score (nSPS) is 10.6. The number of amides is 1. The van der Waals surface area contributed by atoms with Crippen molar-refractivity contribution in [1.29, 1.82) is 0 Å². The molecule has 0 atom stereocenters. The monoisotopic (exact) mass is 376 g/mol. The number of nitrogens with one attached hydrogen (secondary N) is 1. The standard InChI is InChI=1S/C18H14F2N2O3S/c1-24-13-8-7-12(9-14(13)25-18(19)20)22-16(23)15-10-21-17(26-15)11-5-3-2-4-6-11/h2-10,18H,1H3,(H,22,23). The first-order chi connectivity index (χ1) is 12.6. The van der Waals surface area contributed by atoms with Gasteiger partial charge in [0.15, 0.2) is 11.5 Å². The van der Waals surface area contributed by atoms with E-state index in [9.17, 15) is 13.6 Å². The Hall–Kier alpha value is -3.00. The number of methoxy groups -OCH3 is 1. The largest absolute Gasteiger partial charge is 0.493 e. The molecular formula is C18H14F2N2O3S. The SMILES string of the molecule is COc1ccc(NC(=O)c2cnc(-c3ccccc3)s2)cc1OC(F)F. The van der Waals surface area contributed by atoms with Crippen molar-refractivity contribution in [3.05, 3.63) is 59.6 Å². The summed E-state index contributed by atoms with van der Waals surface area (Å²) in [6.07, 6.45) is 1.47. The molecule has 0 aliphatic rings. The highest BCUT2D eigenvalue weighted by Gasteiger charge is 2.15. The third kappa shape index (κ3) is 4.15. The van der Waals surface area contributed by atoms with E-state index in [4.69, 9.17) is 4.74 Å². The predicted octanol–water partition coefficient (Wildman–Crippen LogP) is 4.67. The quantitative estimate of drug-likeness (QED) is 0.679. The van der Waals surface area contributed by atoms with Crippen LogP contribution < -0.4 is 14.8 Å². The molecule has 0 aliphatic heterocycles. The molecule has 3 aromatic rings. The van der Waals surface area contributed by atoms with E-state index >= 15 is 0 Å². The van der Waals surface area contributed by atoms with E-state index in [-0.39, 0.29) is 11.5 Å². The van der Waals surface area contributed by atoms with Crippen molar-refractivity contribution in [3.8, 4) is 22.1 Å². The Bertz CT molecular complexity index is 900. The third-order valence-corrected chi connectivity index (χ3v) is 4.43. The van der Waals surface area contributed by atoms with Gasteiger partial charge in [-0.15, -0.1) is 11.3 Å². The van der Waals surface area contributed by atoms with Gasteiger partial charge in [-0.3, -0.25) is 4.79 Å². The summed E-state index contributed by atoms with van der Waals surface area (Å²) in [7, 11) is 1.34. The Balaban J connectivity index is 1.77. The number of carbonyl (C=O) groups excluding carboxylic acids is 1. The molecule has 0 spiro atoms. The second-order valence-electron chi connectivity index (χ2n) is 5.09. The Morgan fingerprint density at radius 3 is 2.62 bits per heavy atom. The Labute approximate surface area is 152 Å². The summed E-state index contributed by atoms with van der Waals surface area (Å²) in [5.74, 6) is -0.403. The number of ether oxygens (including phenoxy) is 2. The first kappa shape index (κ1) is 17.8. The van der Waals surface area contributed by atoms with E-state index in [0.717, 1.165) is 5.56 Å². The van der Waals surface area contributed by atoms with Gasteiger partial charge in [-0.2, -0.15) is 8.78 Å². The minimum absolute atomic E-state index is 0.146. The smallest absolute Gasteiger partial charge is 0.387 e. The zero-order chi connectivity index (χ0) is 18.5. The second kappa shape index (κ2) is 7.92. The highest BCUT2D eigenvalue weighted by molar-refractivity contribution is 7.17. The van der Waals surface area contributed by atoms with Crippen LogP contribution in [-0.2, 0) is 0 Å². The predicted molar refractivity (Wildman–Crippen MR) is 95.1 cm³/mol. The Morgan fingerprint density at radius 1 is 1.15 bits per heavy atom. The van der Waals surface area contributed by atoms with Gasteiger partial charge in [0, 0.05) is 17.3 Å². The summed E-state index contributed by atoms with van der Waals surface area (Å²) < 4.78 is 34.3. The minimum Gasteiger partial charge on any atom is -0.493 e. The summed E-state index contributed by atoms with van der Waals surface area (Å²) in [5.41, 5.74) is 1.22. The van der Waals surface area contributed by atoms with Crippen molar-refractivity contribution in [2.24, 2.45) is 0 Å². The zero-order valence-electron chi connectivity index (χ0n) is 13.6. The fourth-order valence-electron chi connectivity index (χ4n) is 2.23. The van der Waals surface area contributed by atoms with Crippen LogP contribution >= 0.6 is 11.3 Å². The number of hydrogen-bond donors (Lipinski definition) is 1. The van der Waals surface area contributed by atoms with Gasteiger partial charge >= 0.3 is 6.61 Å². The lowest BCUT2D eigenvalue weighted by molar-refractivity contribution is -0.0511. The first-order valence-electron chi connectivity index (χ1n) is 7.52. The average molecular weight is 376 g/mol. The number of alkyl halides is 2. The first-order valence-corrected chi connectivity index (χ1v) is 8.34. The fourth-order valence-corrected chi connectivity index (χ4v) is 3.05. The lowest BCUT2D eigenvalue weighted by atomic mass is 10.2. The number of aromatic nitrogens is 1. The number of hydrogen-bond acceptors (Lipinski definition) is 5. The minimum atomic E-state index is -3.00. The van der Waals surface area contributed by atoms with Gasteiger partial charge in [0.1, 0.15) is 9.88 Å². The van der Waals surface area contributed by atoms with Crippen LogP contribution in [0.4, 0.5) is 14.5 Å². The van der Waals surface area contributed by atoms with Crippen LogP contribution in [-0.4, -0.2) is 24.6 Å². The third-order valence-electron chi connectivity index (χ3n) is 3.39. The molecule has 1 heterocycles. The summed E-state index contributed by atoms with van der Waals surface area (Å²) in [6, 6.07) is 13.7. The number of halogens is 2. The van der Waals surface area contributed by atoms with Crippen LogP contribution in [0.2, 0.25) is 0 Å². The summed E-state index contributed by atoms with van der Waals surface area (Å²) in [4.78, 5) is 17.0. The maximum absolute atomic E-state index is 12.5. The van der Waals surface area contributed by atoms with E-state index in [1.165, 1.54) is 42.8 Å². The molecule has 8 heteroatoms. The van der Waals surface area contributed by atoms with Gasteiger partial charge < -0.3 is 14.8 Å². The lowest BCUT2D eigenvalue weighted by Gasteiger charge is -2.11. The molecule has 1 N–H and O–H groups in total. The summed E-state index contributed by atoms with van der Waals surface area (Å²) in [6.45, 7) is -3.00. The molecule has 26 heavy (non-hydrogen) atoms. The molecule has 1 aromatic heterocycles. The molecule has 0 radical (unpaired) electrons. The molecule has 0 aliphatic carbocycles. The topological polar surface area (TPSA) is 60.5 Å². The summed E-state index contributed by atoms with van der Waals surface area (Å²) in [5, 5.41) is 3.35. The maximum Gasteiger partial charge on any atom is 0.387 e. The molecular weight excluding hydrogens is 362 g/mol. The number of anilines is 1. The van der Waals surface area contributed by atoms with Gasteiger partial charge in [0.25, 0.3) is 5.91 Å². The van der Waals surface area contributed by atoms with Gasteiger partial charge in [-0.1, -0.05) is 30.3 Å². The number of rotatable bonds is 6. The van der Waals surface area contributed by atoms with Crippen LogP contribution in [0.25, 0.3) is 10.6 Å². The van der Waals surface area contributed by atoms with Crippen LogP contribution in [0.3, 0.4) is 0 Å². The van der Waals surface area contributed by atoms with Gasteiger partial charge in [-0.25, -0.2) is 4.98 Å². The Morgan fingerprint density at radius 2 is 1.92 bits per heavy atom. The van der Waals surface area contributed by atoms with Crippen LogP contribution in [0.5, 0.6) is 11.5 Å². The van der Waals surface area contributed by atoms with Crippen molar-refractivity contribution < 1.29 is 23.0 Å². The number of nitrogens with zero attached hydrogens (tertiary/aromatic N) is 1. The molecule has 134 valence electrons. The second-order valence-corrected chi connectivity index (χ2v) is 6.12. The van der Waals surface area contributed by atoms with Crippen molar-refractivity contribution in [1.82, 2.24) is 4.98 Å². The number of thiazole rings is 1. The molecule has 0 fully saturated rings. The molecule has 5 nitrogen and oxygen atoms in total. The molecule has 0 saturated heterocycles. The molecule has 2 aromatic carbocycles. The van der Waals surface area contributed by atoms with Gasteiger partial charge in [-0.05, 0) is 12.1 Å². The molecule has 3 rings (SSSR count). The highest BCUT2D eigenvalue weighted by atomic mass is 32.1. The summed E-state index contributed by atoms with van der Waals surface area (Å²) >= 11 is 1.24. The lowest BCUT2D eigenvalue weighted by Crippen LogP contribution is -2.11. The molecule has 1 amide bonds. The van der Waals surface area contributed by atoms with Crippen LogP contribution in [0, 0.1) is 0 Å². The van der Waals surface area contributed by atoms with E-state index in [1.54, 1.807) is 0 Å². The van der Waals surface area contributed by atoms with E-state index in [0.29, 0.717) is 15.6 Å². The van der Waals surface area contributed by atoms with Crippen molar-refractivity contribution >= 4 is 22.9 Å². The van der Waals surface area contributed by atoms with E-state index in [1.807, 2.05) is 30.3 Å². The maximum atomic E-state index is 12.5. The van der Waals surface area contributed by atoms with Crippen molar-refractivity contribution in [2.45, 2.75) is 6.61 Å². The van der Waals surface area contributed by atoms with Crippen molar-refractivity contribution in [3.63, 3.8) is 0 Å². The van der Waals surface area contributed by atoms with Crippen molar-refractivity contribution in [2.75, 3.05) is 12.4 Å². The molecule has 0 bridgehead atoms. The molecule has 0 saturated carbocycles. The van der Waals surface area contributed by atoms with Crippen LogP contribution in [0.15, 0.2) is 54.7 Å². The van der Waals surface area contributed by atoms with E-state index in [2.05, 4.69) is 15.0 Å². The average Bonchev–Trinajstić information content (AvgIpc) is 3.12. The Kier molecular flexibility index (Phi) is 5.43. The number of benzene rings is 2. The van der Waals surface area contributed by atoms with Crippen LogP contribution in [0.1, 0.15) is 9.67 Å². The van der Waals surface area contributed by atoms with E-state index < -0.39 is 12.5 Å². The zero-order valence-corrected chi connectivity index (χ0v) is 14.4. The van der Waals surface area contributed by atoms with Gasteiger partial charge in [0.2, 0.25) is 0 Å². The van der Waals surface area contributed by atoms with Gasteiger partial charge in [0.05, 0.1) is 13.3 Å².